The Morgan fingerprint density at radius 3 is 2.62 bits per heavy atom. The summed E-state index contributed by atoms with van der Waals surface area (Å²) < 4.78 is 19.2. The number of guanidine groups is 1. The largest absolute Gasteiger partial charge is 0.379 e. The fourth-order valence-corrected chi connectivity index (χ4v) is 3.56. The van der Waals surface area contributed by atoms with E-state index in [1.165, 1.54) is 18.9 Å². The monoisotopic (exact) mass is 476 g/mol. The van der Waals surface area contributed by atoms with Gasteiger partial charge in [0.1, 0.15) is 5.82 Å². The second-order valence-corrected chi connectivity index (χ2v) is 6.61. The number of aliphatic imine (C=N–C) groups is 1. The first kappa shape index (κ1) is 21.4. The third-order valence-corrected chi connectivity index (χ3v) is 4.87. The number of benzene rings is 1. The van der Waals surface area contributed by atoms with Crippen molar-refractivity contribution < 1.29 is 9.13 Å². The Balaban J connectivity index is 0.00000243. The van der Waals surface area contributed by atoms with Gasteiger partial charge in [-0.3, -0.25) is 9.89 Å². The molecule has 0 amide bonds. The summed E-state index contributed by atoms with van der Waals surface area (Å²) in [6.07, 6.45) is 2.45. The number of nitrogens with zero attached hydrogens (tertiary/aromatic N) is 3. The predicted molar refractivity (Wildman–Crippen MR) is 114 cm³/mol. The molecule has 2 aliphatic heterocycles. The molecule has 1 atom stereocenters. The lowest BCUT2D eigenvalue weighted by atomic mass is 10.0. The maximum atomic E-state index is 13.8. The van der Waals surface area contributed by atoms with Gasteiger partial charge >= 0.3 is 0 Å². The molecule has 0 aliphatic carbocycles. The van der Waals surface area contributed by atoms with Gasteiger partial charge in [0.2, 0.25) is 0 Å². The van der Waals surface area contributed by atoms with E-state index in [1.54, 1.807) is 12.1 Å². The molecule has 0 bridgehead atoms. The highest BCUT2D eigenvalue weighted by Crippen LogP contribution is 2.23. The summed E-state index contributed by atoms with van der Waals surface area (Å²) in [5, 5.41) is 3.40. The van der Waals surface area contributed by atoms with Crippen LogP contribution >= 0.6 is 24.0 Å². The SMILES string of the molecule is CCNC(=NCC(c1cccc(F)c1)N1CCOCC1)N1CCCC1.I. The van der Waals surface area contributed by atoms with Crippen LogP contribution in [0.1, 0.15) is 31.4 Å². The minimum atomic E-state index is -0.189. The quantitative estimate of drug-likeness (QED) is 0.403. The molecule has 1 N–H and O–H groups in total. The summed E-state index contributed by atoms with van der Waals surface area (Å²) >= 11 is 0. The topological polar surface area (TPSA) is 40.1 Å². The Morgan fingerprint density at radius 2 is 1.96 bits per heavy atom. The molecule has 26 heavy (non-hydrogen) atoms. The zero-order chi connectivity index (χ0) is 17.5. The van der Waals surface area contributed by atoms with Crippen LogP contribution in [0.4, 0.5) is 4.39 Å². The normalized spacial score (nSPS) is 19.9. The average Bonchev–Trinajstić information content (AvgIpc) is 3.16. The van der Waals surface area contributed by atoms with E-state index < -0.39 is 0 Å². The summed E-state index contributed by atoms with van der Waals surface area (Å²) in [4.78, 5) is 9.58. The zero-order valence-corrected chi connectivity index (χ0v) is 17.8. The van der Waals surface area contributed by atoms with E-state index in [9.17, 15) is 4.39 Å². The van der Waals surface area contributed by atoms with Crippen LogP contribution in [0.5, 0.6) is 0 Å². The lowest BCUT2D eigenvalue weighted by molar-refractivity contribution is 0.0179. The van der Waals surface area contributed by atoms with Gasteiger partial charge in [0.15, 0.2) is 5.96 Å². The summed E-state index contributed by atoms with van der Waals surface area (Å²) in [6, 6.07) is 7.00. The number of nitrogens with one attached hydrogen (secondary N) is 1. The van der Waals surface area contributed by atoms with Crippen molar-refractivity contribution in [2.45, 2.75) is 25.8 Å². The van der Waals surface area contributed by atoms with Crippen molar-refractivity contribution in [3.63, 3.8) is 0 Å². The zero-order valence-electron chi connectivity index (χ0n) is 15.5. The number of hydrogen-bond acceptors (Lipinski definition) is 3. The maximum Gasteiger partial charge on any atom is 0.193 e. The molecule has 5 nitrogen and oxygen atoms in total. The first-order valence-corrected chi connectivity index (χ1v) is 9.38. The van der Waals surface area contributed by atoms with E-state index in [2.05, 4.69) is 22.0 Å². The minimum Gasteiger partial charge on any atom is -0.379 e. The van der Waals surface area contributed by atoms with Crippen molar-refractivity contribution >= 4 is 29.9 Å². The molecule has 2 heterocycles. The van der Waals surface area contributed by atoms with E-state index in [0.717, 1.165) is 57.5 Å². The van der Waals surface area contributed by atoms with Gasteiger partial charge in [-0.1, -0.05) is 12.1 Å². The summed E-state index contributed by atoms with van der Waals surface area (Å²) in [6.45, 7) is 8.87. The number of ether oxygens (including phenoxy) is 1. The number of hydrogen-bond donors (Lipinski definition) is 1. The number of halogens is 2. The number of likely N-dealkylation sites (tertiary alicyclic amines) is 1. The number of morpholine rings is 1. The van der Waals surface area contributed by atoms with E-state index >= 15 is 0 Å². The Labute approximate surface area is 173 Å². The smallest absolute Gasteiger partial charge is 0.193 e. The van der Waals surface area contributed by atoms with E-state index in [0.29, 0.717) is 6.54 Å². The van der Waals surface area contributed by atoms with Crippen LogP contribution in [0.2, 0.25) is 0 Å². The molecular weight excluding hydrogens is 446 g/mol. The van der Waals surface area contributed by atoms with Gasteiger partial charge in [-0.05, 0) is 37.5 Å². The predicted octanol–water partition coefficient (Wildman–Crippen LogP) is 2.88. The Bertz CT molecular complexity index is 574. The molecule has 146 valence electrons. The van der Waals surface area contributed by atoms with Gasteiger partial charge in [0.25, 0.3) is 0 Å². The van der Waals surface area contributed by atoms with Crippen LogP contribution in [0.3, 0.4) is 0 Å². The van der Waals surface area contributed by atoms with E-state index in [-0.39, 0.29) is 35.8 Å². The maximum absolute atomic E-state index is 13.8. The highest BCUT2D eigenvalue weighted by Gasteiger charge is 2.24. The van der Waals surface area contributed by atoms with Gasteiger partial charge in [0, 0.05) is 32.7 Å². The van der Waals surface area contributed by atoms with Gasteiger partial charge in [0.05, 0.1) is 25.8 Å². The standard InChI is InChI=1S/C19H29FN4O.HI/c1-2-21-19(24-8-3-4-9-24)22-15-18(23-10-12-25-13-11-23)16-6-5-7-17(20)14-16;/h5-7,14,18H,2-4,8-13,15H2,1H3,(H,21,22);1H. The molecule has 2 aliphatic rings. The Kier molecular flexibility index (Phi) is 9.07. The molecule has 2 saturated heterocycles. The molecule has 0 spiro atoms. The van der Waals surface area contributed by atoms with E-state index in [4.69, 9.17) is 9.73 Å². The first-order valence-electron chi connectivity index (χ1n) is 9.38. The molecule has 0 saturated carbocycles. The highest BCUT2D eigenvalue weighted by molar-refractivity contribution is 14.0. The van der Waals surface area contributed by atoms with Crippen LogP contribution < -0.4 is 5.32 Å². The first-order chi connectivity index (χ1) is 12.3. The van der Waals surface area contributed by atoms with Crippen molar-refractivity contribution in [2.75, 3.05) is 52.5 Å². The van der Waals surface area contributed by atoms with Crippen molar-refractivity contribution in [1.82, 2.24) is 15.1 Å². The fraction of sp³-hybridized carbons (Fsp3) is 0.632. The molecule has 0 aromatic heterocycles. The van der Waals surface area contributed by atoms with Gasteiger partial charge < -0.3 is 15.0 Å². The van der Waals surface area contributed by atoms with Crippen LogP contribution in [0.15, 0.2) is 29.3 Å². The lowest BCUT2D eigenvalue weighted by Crippen LogP contribution is -2.42. The van der Waals surface area contributed by atoms with Crippen molar-refractivity contribution in [2.24, 2.45) is 4.99 Å². The van der Waals surface area contributed by atoms with Crippen molar-refractivity contribution in [1.29, 1.82) is 0 Å². The van der Waals surface area contributed by atoms with Crippen LogP contribution in [0, 0.1) is 5.82 Å². The van der Waals surface area contributed by atoms with Crippen molar-refractivity contribution in [3.05, 3.63) is 35.6 Å². The summed E-state index contributed by atoms with van der Waals surface area (Å²) in [5.74, 6) is 0.792. The molecular formula is C19H30FIN4O. The second-order valence-electron chi connectivity index (χ2n) is 6.61. The summed E-state index contributed by atoms with van der Waals surface area (Å²) in [5.41, 5.74) is 0.989. The lowest BCUT2D eigenvalue weighted by Gasteiger charge is -2.34. The third kappa shape index (κ3) is 5.79. The Morgan fingerprint density at radius 1 is 1.23 bits per heavy atom. The van der Waals surface area contributed by atoms with Crippen LogP contribution in [-0.2, 0) is 4.74 Å². The minimum absolute atomic E-state index is 0. The Hall–Kier alpha value is -0.930. The molecule has 3 rings (SSSR count). The fourth-order valence-electron chi connectivity index (χ4n) is 3.56. The average molecular weight is 476 g/mol. The number of rotatable bonds is 5. The molecule has 7 heteroatoms. The molecule has 1 aromatic rings. The molecule has 2 fully saturated rings. The van der Waals surface area contributed by atoms with Gasteiger partial charge in [-0.2, -0.15) is 0 Å². The molecule has 0 radical (unpaired) electrons. The molecule has 1 aromatic carbocycles. The second kappa shape index (κ2) is 11.0. The van der Waals surface area contributed by atoms with Crippen molar-refractivity contribution in [3.8, 4) is 0 Å². The van der Waals surface area contributed by atoms with Crippen LogP contribution in [-0.4, -0.2) is 68.2 Å². The highest BCUT2D eigenvalue weighted by atomic mass is 127. The van der Waals surface area contributed by atoms with E-state index in [1.807, 2.05) is 6.07 Å². The summed E-state index contributed by atoms with van der Waals surface area (Å²) in [7, 11) is 0. The third-order valence-electron chi connectivity index (χ3n) is 4.87. The molecule has 1 unspecified atom stereocenters. The van der Waals surface area contributed by atoms with Gasteiger partial charge in [-0.25, -0.2) is 4.39 Å². The van der Waals surface area contributed by atoms with Gasteiger partial charge in [-0.15, -0.1) is 24.0 Å². The van der Waals surface area contributed by atoms with Crippen LogP contribution in [0.25, 0.3) is 0 Å².